The second-order valence-corrected chi connectivity index (χ2v) is 10.3. The maximum Gasteiger partial charge on any atom is 0.261 e. The van der Waals surface area contributed by atoms with Gasteiger partial charge in [-0.2, -0.15) is 0 Å². The molecule has 3 N–H and O–H groups in total. The Morgan fingerprint density at radius 2 is 1.64 bits per heavy atom. The molecular weight excluding hydrogens is 434 g/mol. The lowest BCUT2D eigenvalue weighted by molar-refractivity contribution is -0.918. The summed E-state index contributed by atoms with van der Waals surface area (Å²) in [5.74, 6) is -0.237. The molecule has 0 radical (unpaired) electrons. The summed E-state index contributed by atoms with van der Waals surface area (Å²) in [7, 11) is -3.79. The van der Waals surface area contributed by atoms with Crippen molar-refractivity contribution in [3.63, 3.8) is 0 Å². The summed E-state index contributed by atoms with van der Waals surface area (Å²) in [4.78, 5) is 14.4. The predicted octanol–water partition coefficient (Wildman–Crippen LogP) is 2.77. The van der Waals surface area contributed by atoms with Crippen LogP contribution >= 0.6 is 0 Å². The number of aryl methyl sites for hydroxylation is 1. The Hall–Kier alpha value is -3.16. The zero-order valence-corrected chi connectivity index (χ0v) is 19.6. The van der Waals surface area contributed by atoms with Gasteiger partial charge in [0, 0.05) is 35.7 Å². The van der Waals surface area contributed by atoms with Gasteiger partial charge < -0.3 is 10.2 Å². The van der Waals surface area contributed by atoms with Crippen LogP contribution in [0.5, 0.6) is 0 Å². The maximum atomic E-state index is 12.8. The SMILES string of the molecule is Cc1ccc(NS(=O)(=O)c2cccc(C(=O)NC3CC[NH+](Cc4ccccc4)CC3)c2)cc1. The van der Waals surface area contributed by atoms with E-state index >= 15 is 0 Å². The normalized spacial score (nSPS) is 18.5. The van der Waals surface area contributed by atoms with Gasteiger partial charge in [0.05, 0.1) is 18.0 Å². The fraction of sp³-hybridized carbons (Fsp3) is 0.269. The van der Waals surface area contributed by atoms with Crippen molar-refractivity contribution in [3.05, 3.63) is 95.6 Å². The number of piperidine rings is 1. The molecule has 1 aliphatic rings. The molecule has 7 heteroatoms. The van der Waals surface area contributed by atoms with E-state index in [4.69, 9.17) is 0 Å². The summed E-state index contributed by atoms with van der Waals surface area (Å²) in [5, 5.41) is 3.09. The Kier molecular flexibility index (Phi) is 7.11. The zero-order chi connectivity index (χ0) is 23.3. The number of anilines is 1. The van der Waals surface area contributed by atoms with E-state index in [1.165, 1.54) is 22.6 Å². The number of amides is 1. The second-order valence-electron chi connectivity index (χ2n) is 8.66. The third-order valence-electron chi connectivity index (χ3n) is 6.04. The summed E-state index contributed by atoms with van der Waals surface area (Å²) < 4.78 is 28.2. The number of sulfonamides is 1. The quantitative estimate of drug-likeness (QED) is 0.503. The number of quaternary nitrogens is 1. The van der Waals surface area contributed by atoms with Gasteiger partial charge in [-0.3, -0.25) is 9.52 Å². The molecule has 1 fully saturated rings. The number of rotatable bonds is 7. The Morgan fingerprint density at radius 1 is 0.939 bits per heavy atom. The van der Waals surface area contributed by atoms with Crippen LogP contribution in [0.2, 0.25) is 0 Å². The number of benzene rings is 3. The number of hydrogen-bond donors (Lipinski definition) is 3. The molecule has 0 unspecified atom stereocenters. The van der Waals surface area contributed by atoms with Gasteiger partial charge in [-0.25, -0.2) is 8.42 Å². The van der Waals surface area contributed by atoms with E-state index in [0.717, 1.165) is 38.0 Å². The monoisotopic (exact) mass is 464 g/mol. The van der Waals surface area contributed by atoms with E-state index in [1.54, 1.807) is 24.3 Å². The molecule has 1 saturated heterocycles. The minimum atomic E-state index is -3.79. The van der Waals surface area contributed by atoms with Gasteiger partial charge >= 0.3 is 0 Å². The maximum absolute atomic E-state index is 12.8. The summed E-state index contributed by atoms with van der Waals surface area (Å²) in [6, 6.07) is 23.8. The zero-order valence-electron chi connectivity index (χ0n) is 18.8. The fourth-order valence-electron chi connectivity index (χ4n) is 4.14. The van der Waals surface area contributed by atoms with Crippen molar-refractivity contribution in [2.75, 3.05) is 17.8 Å². The summed E-state index contributed by atoms with van der Waals surface area (Å²) in [6.07, 6.45) is 1.81. The lowest BCUT2D eigenvalue weighted by Crippen LogP contribution is -3.12. The first-order valence-electron chi connectivity index (χ1n) is 11.3. The van der Waals surface area contributed by atoms with E-state index in [-0.39, 0.29) is 16.8 Å². The van der Waals surface area contributed by atoms with Gasteiger partial charge in [0.1, 0.15) is 6.54 Å². The van der Waals surface area contributed by atoms with E-state index in [1.807, 2.05) is 25.1 Å². The molecule has 0 saturated carbocycles. The van der Waals surface area contributed by atoms with Crippen LogP contribution in [0.15, 0.2) is 83.8 Å². The largest absolute Gasteiger partial charge is 0.349 e. The van der Waals surface area contributed by atoms with Crippen molar-refractivity contribution in [3.8, 4) is 0 Å². The first-order chi connectivity index (χ1) is 15.9. The number of carbonyl (C=O) groups is 1. The lowest BCUT2D eigenvalue weighted by atomic mass is 10.0. The highest BCUT2D eigenvalue weighted by Gasteiger charge is 2.24. The van der Waals surface area contributed by atoms with Crippen LogP contribution in [0.4, 0.5) is 5.69 Å². The summed E-state index contributed by atoms with van der Waals surface area (Å²) in [6.45, 7) is 4.92. The highest BCUT2D eigenvalue weighted by Crippen LogP contribution is 2.18. The van der Waals surface area contributed by atoms with Crippen LogP contribution in [0.3, 0.4) is 0 Å². The molecule has 0 aliphatic carbocycles. The molecule has 0 atom stereocenters. The van der Waals surface area contributed by atoms with Gasteiger partial charge in [-0.15, -0.1) is 0 Å². The molecule has 0 spiro atoms. The topological polar surface area (TPSA) is 79.7 Å². The second kappa shape index (κ2) is 10.2. The number of nitrogens with one attached hydrogen (secondary N) is 3. The molecular formula is C26H30N3O3S+. The predicted molar refractivity (Wildman–Crippen MR) is 130 cm³/mol. The van der Waals surface area contributed by atoms with Crippen LogP contribution < -0.4 is 14.9 Å². The molecule has 3 aromatic carbocycles. The molecule has 0 aromatic heterocycles. The molecule has 172 valence electrons. The van der Waals surface area contributed by atoms with Crippen LogP contribution in [-0.4, -0.2) is 33.5 Å². The molecule has 1 heterocycles. The van der Waals surface area contributed by atoms with Gasteiger partial charge in [0.25, 0.3) is 15.9 Å². The molecule has 1 aliphatic heterocycles. The fourth-order valence-corrected chi connectivity index (χ4v) is 5.24. The Bertz CT molecular complexity index is 1190. The lowest BCUT2D eigenvalue weighted by Gasteiger charge is -2.29. The van der Waals surface area contributed by atoms with Gasteiger partial charge in [-0.1, -0.05) is 54.1 Å². The molecule has 33 heavy (non-hydrogen) atoms. The van der Waals surface area contributed by atoms with Crippen molar-refractivity contribution in [1.29, 1.82) is 0 Å². The van der Waals surface area contributed by atoms with Crippen LogP contribution in [0.1, 0.15) is 34.3 Å². The first-order valence-corrected chi connectivity index (χ1v) is 12.8. The minimum Gasteiger partial charge on any atom is -0.349 e. The van der Waals surface area contributed by atoms with Gasteiger partial charge in [0.2, 0.25) is 0 Å². The van der Waals surface area contributed by atoms with E-state index < -0.39 is 10.0 Å². The van der Waals surface area contributed by atoms with E-state index in [9.17, 15) is 13.2 Å². The van der Waals surface area contributed by atoms with Crippen molar-refractivity contribution in [2.24, 2.45) is 0 Å². The number of likely N-dealkylation sites (tertiary alicyclic amines) is 1. The third-order valence-corrected chi connectivity index (χ3v) is 7.41. The van der Waals surface area contributed by atoms with Crippen molar-refractivity contribution >= 4 is 21.6 Å². The number of carbonyl (C=O) groups excluding carboxylic acids is 1. The summed E-state index contributed by atoms with van der Waals surface area (Å²) >= 11 is 0. The van der Waals surface area contributed by atoms with E-state index in [2.05, 4.69) is 34.3 Å². The Balaban J connectivity index is 1.34. The van der Waals surface area contributed by atoms with Crippen molar-refractivity contribution < 1.29 is 18.1 Å². The average Bonchev–Trinajstić information content (AvgIpc) is 2.82. The molecule has 3 aromatic rings. The van der Waals surface area contributed by atoms with Gasteiger partial charge in [0.15, 0.2) is 0 Å². The van der Waals surface area contributed by atoms with E-state index in [0.29, 0.717) is 11.3 Å². The van der Waals surface area contributed by atoms with Crippen molar-refractivity contribution in [1.82, 2.24) is 5.32 Å². The highest BCUT2D eigenvalue weighted by molar-refractivity contribution is 7.92. The standard InChI is InChI=1S/C26H29N3O3S/c1-20-10-12-24(13-11-20)28-33(31,32)25-9-5-8-22(18-25)26(30)27-23-14-16-29(17-15-23)19-21-6-3-2-4-7-21/h2-13,18,23,28H,14-17,19H2,1H3,(H,27,30)/p+1. The molecule has 4 rings (SSSR count). The average molecular weight is 465 g/mol. The summed E-state index contributed by atoms with van der Waals surface area (Å²) in [5.41, 5.74) is 3.21. The molecule has 0 bridgehead atoms. The highest BCUT2D eigenvalue weighted by atomic mass is 32.2. The molecule has 1 amide bonds. The molecule has 6 nitrogen and oxygen atoms in total. The van der Waals surface area contributed by atoms with Crippen molar-refractivity contribution in [2.45, 2.75) is 37.2 Å². The van der Waals surface area contributed by atoms with Crippen LogP contribution in [-0.2, 0) is 16.6 Å². The third kappa shape index (κ3) is 6.21. The van der Waals surface area contributed by atoms with Crippen LogP contribution in [0.25, 0.3) is 0 Å². The Labute approximate surface area is 195 Å². The van der Waals surface area contributed by atoms with Gasteiger partial charge in [-0.05, 0) is 37.3 Å². The minimum absolute atomic E-state index is 0.0675. The van der Waals surface area contributed by atoms with Crippen LogP contribution in [0, 0.1) is 6.92 Å². The Morgan fingerprint density at radius 3 is 2.33 bits per heavy atom. The first kappa shape index (κ1) is 23.0. The smallest absolute Gasteiger partial charge is 0.261 e. The number of hydrogen-bond acceptors (Lipinski definition) is 3.